The summed E-state index contributed by atoms with van der Waals surface area (Å²) in [6, 6.07) is 19.5. The van der Waals surface area contributed by atoms with Crippen LogP contribution in [0.5, 0.6) is 0 Å². The molecule has 4 aromatic heterocycles. The SMILES string of the molecule is CCCCOC(=O)N(c1nnc(-c2cccc(N)c2)s1)c1ccc2c(cnn2C(=O)OC(C)(C)C)c1Cl.CCCCOC(=O)N(c1nnc(-c2cccc([N+](=O)[O-])c2)s1)c1ccc2c(cnn2C(=O)OC(C)(C)C)c1Cl. The quantitative estimate of drug-likeness (QED) is 0.0369. The van der Waals surface area contributed by atoms with E-state index in [0.29, 0.717) is 61.6 Å². The average molecular weight is 1120 g/mol. The number of non-ortho nitro benzene ring substituents is 1. The number of nitrogens with zero attached hydrogens (tertiary/aromatic N) is 11. The minimum absolute atomic E-state index is 0.101. The smallest absolute Gasteiger partial charge is 0.435 e. The van der Waals surface area contributed by atoms with Gasteiger partial charge in [0.15, 0.2) is 0 Å². The normalized spacial score (nSPS) is 11.4. The van der Waals surface area contributed by atoms with E-state index in [1.54, 1.807) is 90.1 Å². The molecule has 8 rings (SSSR count). The number of nitro groups is 1. The van der Waals surface area contributed by atoms with Crippen molar-refractivity contribution in [2.75, 3.05) is 28.7 Å². The molecule has 76 heavy (non-hydrogen) atoms. The van der Waals surface area contributed by atoms with Crippen LogP contribution < -0.4 is 15.5 Å². The van der Waals surface area contributed by atoms with Gasteiger partial charge in [-0.15, -0.1) is 20.4 Å². The van der Waals surface area contributed by atoms with Crippen molar-refractivity contribution >= 4 is 125 Å². The Morgan fingerprint density at radius 3 is 1.50 bits per heavy atom. The highest BCUT2D eigenvalue weighted by Gasteiger charge is 2.31. The number of ether oxygens (including phenoxy) is 4. The minimum atomic E-state index is -0.731. The van der Waals surface area contributed by atoms with Gasteiger partial charge in [-0.05, 0) is 90.8 Å². The maximum absolute atomic E-state index is 13.3. The molecule has 0 aliphatic rings. The summed E-state index contributed by atoms with van der Waals surface area (Å²) in [6.45, 7) is 14.9. The number of nitrogen functional groups attached to an aromatic ring is 1. The summed E-state index contributed by atoms with van der Waals surface area (Å²) in [5.41, 5.74) is 7.56. The highest BCUT2D eigenvalue weighted by atomic mass is 35.5. The summed E-state index contributed by atoms with van der Waals surface area (Å²) in [5, 5.41) is 38.8. The van der Waals surface area contributed by atoms with E-state index in [1.165, 1.54) is 45.7 Å². The van der Waals surface area contributed by atoms with Crippen LogP contribution in [0.25, 0.3) is 42.9 Å². The molecule has 2 amide bonds. The molecule has 26 heteroatoms. The van der Waals surface area contributed by atoms with Crippen LogP contribution in [0.15, 0.2) is 85.2 Å². The molecule has 0 fully saturated rings. The Balaban J connectivity index is 0.000000221. The van der Waals surface area contributed by atoms with Gasteiger partial charge < -0.3 is 24.7 Å². The van der Waals surface area contributed by atoms with Crippen molar-refractivity contribution in [2.24, 2.45) is 0 Å². The summed E-state index contributed by atoms with van der Waals surface area (Å²) in [5.74, 6) is 0. The van der Waals surface area contributed by atoms with Crippen LogP contribution in [-0.2, 0) is 18.9 Å². The first-order chi connectivity index (χ1) is 36.1. The summed E-state index contributed by atoms with van der Waals surface area (Å²) in [4.78, 5) is 64.9. The third kappa shape index (κ3) is 13.2. The van der Waals surface area contributed by atoms with Crippen LogP contribution in [-0.4, -0.2) is 93.7 Å². The molecular weight excluding hydrogens is 1060 g/mol. The lowest BCUT2D eigenvalue weighted by Gasteiger charge is -2.21. The number of hydrogen-bond acceptors (Lipinski definition) is 19. The average Bonchev–Trinajstić information content (AvgIpc) is 4.24. The fourth-order valence-electron chi connectivity index (χ4n) is 6.92. The van der Waals surface area contributed by atoms with Crippen LogP contribution >= 0.6 is 45.9 Å². The highest BCUT2D eigenvalue weighted by molar-refractivity contribution is 7.19. The van der Waals surface area contributed by atoms with Gasteiger partial charge in [-0.25, -0.2) is 29.0 Å². The fraction of sp³-hybridized carbons (Fsp3) is 0.320. The molecule has 0 atom stereocenters. The molecule has 4 heterocycles. The number of fused-ring (bicyclic) bond motifs is 2. The number of halogens is 2. The zero-order chi connectivity index (χ0) is 55.1. The van der Waals surface area contributed by atoms with Gasteiger partial charge >= 0.3 is 24.4 Å². The molecule has 0 saturated heterocycles. The van der Waals surface area contributed by atoms with Crippen LogP contribution in [0.2, 0.25) is 10.0 Å². The van der Waals surface area contributed by atoms with Gasteiger partial charge in [-0.3, -0.25) is 10.1 Å². The van der Waals surface area contributed by atoms with Crippen molar-refractivity contribution in [2.45, 2.75) is 92.3 Å². The zero-order valence-electron chi connectivity index (χ0n) is 42.5. The molecule has 8 aromatic rings. The molecular formula is C50H52Cl2N12O10S2. The van der Waals surface area contributed by atoms with E-state index >= 15 is 0 Å². The van der Waals surface area contributed by atoms with Crippen molar-refractivity contribution in [1.29, 1.82) is 0 Å². The number of carbonyl (C=O) groups is 4. The predicted molar refractivity (Wildman–Crippen MR) is 291 cm³/mol. The first kappa shape index (κ1) is 55.9. The van der Waals surface area contributed by atoms with E-state index in [0.717, 1.165) is 39.1 Å². The highest BCUT2D eigenvalue weighted by Crippen LogP contribution is 2.42. The van der Waals surface area contributed by atoms with E-state index in [4.69, 9.17) is 47.9 Å². The number of rotatable bonds is 13. The Hall–Kier alpha value is -7.80. The van der Waals surface area contributed by atoms with E-state index in [-0.39, 0.29) is 44.9 Å². The van der Waals surface area contributed by atoms with E-state index in [1.807, 2.05) is 26.0 Å². The number of amides is 2. The van der Waals surface area contributed by atoms with E-state index in [2.05, 4.69) is 30.6 Å². The minimum Gasteiger partial charge on any atom is -0.449 e. The van der Waals surface area contributed by atoms with Crippen LogP contribution in [0, 0.1) is 10.1 Å². The monoisotopic (exact) mass is 1110 g/mol. The number of benzene rings is 4. The summed E-state index contributed by atoms with van der Waals surface area (Å²) >= 11 is 15.7. The Morgan fingerprint density at radius 2 is 1.09 bits per heavy atom. The molecule has 2 N–H and O–H groups in total. The fourth-order valence-corrected chi connectivity index (χ4v) is 9.20. The Morgan fingerprint density at radius 1 is 0.658 bits per heavy atom. The first-order valence-electron chi connectivity index (χ1n) is 23.6. The van der Waals surface area contributed by atoms with Crippen LogP contribution in [0.4, 0.5) is 52.2 Å². The Labute approximate surface area is 453 Å². The number of anilines is 5. The lowest BCUT2D eigenvalue weighted by molar-refractivity contribution is -0.384. The lowest BCUT2D eigenvalue weighted by Crippen LogP contribution is -2.28. The molecule has 0 spiro atoms. The number of carbonyl (C=O) groups excluding carboxylic acids is 4. The summed E-state index contributed by atoms with van der Waals surface area (Å²) in [7, 11) is 0. The maximum Gasteiger partial charge on any atom is 0.435 e. The van der Waals surface area contributed by atoms with Crippen molar-refractivity contribution < 1.29 is 43.0 Å². The van der Waals surface area contributed by atoms with Gasteiger partial charge in [0.25, 0.3) is 5.69 Å². The van der Waals surface area contributed by atoms with Gasteiger partial charge in [0, 0.05) is 39.7 Å². The Kier molecular flexibility index (Phi) is 17.5. The topological polar surface area (TPSA) is 268 Å². The third-order valence-corrected chi connectivity index (χ3v) is 13.1. The molecule has 22 nitrogen and oxygen atoms in total. The Bertz CT molecular complexity index is 3440. The number of nitro benzene ring substituents is 1. The third-order valence-electron chi connectivity index (χ3n) is 10.4. The second-order valence-electron chi connectivity index (χ2n) is 18.6. The number of hydrogen-bond donors (Lipinski definition) is 1. The van der Waals surface area contributed by atoms with Crippen LogP contribution in [0.3, 0.4) is 0 Å². The van der Waals surface area contributed by atoms with Crippen molar-refractivity contribution in [3.63, 3.8) is 0 Å². The molecule has 4 aromatic carbocycles. The number of nitrogens with two attached hydrogens (primary N) is 1. The predicted octanol–water partition coefficient (Wildman–Crippen LogP) is 13.6. The molecule has 0 saturated carbocycles. The van der Waals surface area contributed by atoms with Crippen molar-refractivity contribution in [3.05, 3.63) is 105 Å². The summed E-state index contributed by atoms with van der Waals surface area (Å²) < 4.78 is 24.0. The molecule has 0 radical (unpaired) electrons. The van der Waals surface area contributed by atoms with E-state index in [9.17, 15) is 29.3 Å². The second-order valence-corrected chi connectivity index (χ2v) is 21.2. The maximum atomic E-state index is 13.3. The summed E-state index contributed by atoms with van der Waals surface area (Å²) in [6.07, 6.45) is 3.20. The van der Waals surface area contributed by atoms with Gasteiger partial charge in [-0.1, -0.05) is 96.8 Å². The second kappa shape index (κ2) is 23.8. The molecule has 0 unspecified atom stereocenters. The lowest BCUT2D eigenvalue weighted by atomic mass is 10.2. The zero-order valence-corrected chi connectivity index (χ0v) is 45.6. The van der Waals surface area contributed by atoms with Crippen molar-refractivity contribution in [1.82, 2.24) is 40.0 Å². The number of aromatic nitrogens is 8. The van der Waals surface area contributed by atoms with Crippen LogP contribution in [0.1, 0.15) is 81.1 Å². The molecule has 398 valence electrons. The first-order valence-corrected chi connectivity index (χ1v) is 26.0. The van der Waals surface area contributed by atoms with E-state index < -0.39 is 40.5 Å². The van der Waals surface area contributed by atoms with Gasteiger partial charge in [0.1, 0.15) is 21.2 Å². The standard InChI is InChI=1S/C25H25ClN6O6S.C25H27ClN6O4S/c1-5-6-12-37-23(33)30(22-29-28-21(39-22)15-8-7-9-16(13-15)32(35)36)19-11-10-18-17(20(19)26)14-27-31(18)24(34)38-25(2,3)4;1-5-6-12-35-23(33)31(22-30-29-21(37-22)15-8-7-9-16(27)13-15)19-11-10-18-17(20(19)26)14-28-32(18)24(34)36-25(2,3)4/h7-11,13-14H,5-6,12H2,1-4H3;7-11,13-14H,5-6,12,27H2,1-4H3. The molecule has 0 bridgehead atoms. The van der Waals surface area contributed by atoms with Gasteiger partial charge in [-0.2, -0.15) is 19.6 Å². The van der Waals surface area contributed by atoms with Gasteiger partial charge in [0.05, 0.1) is 63.0 Å². The largest absolute Gasteiger partial charge is 0.449 e. The van der Waals surface area contributed by atoms with Gasteiger partial charge in [0.2, 0.25) is 10.3 Å². The number of unbranched alkanes of at least 4 members (excludes halogenated alkanes) is 2. The molecule has 0 aliphatic carbocycles. The van der Waals surface area contributed by atoms with Crippen molar-refractivity contribution in [3.8, 4) is 21.1 Å². The molecule has 0 aliphatic heterocycles.